The number of likely N-dealkylation sites (tertiary alicyclic amines) is 1. The Morgan fingerprint density at radius 1 is 1.15 bits per heavy atom. The standard InChI is InChI=1S/C22H23FN2O2/c1-16(14-18-10-5-6-11-19(18)23)22(27)25-13-7-12-20(25)21(26)24-15-17-8-3-2-4-9-17/h2-6,8-11,14,20H,7,12-13,15H2,1H3,(H,24,26)/b16-14+/t20-/m1/s1. The minimum atomic E-state index is -0.481. The fourth-order valence-corrected chi connectivity index (χ4v) is 3.30. The summed E-state index contributed by atoms with van der Waals surface area (Å²) >= 11 is 0. The smallest absolute Gasteiger partial charge is 0.250 e. The number of amides is 2. The van der Waals surface area contributed by atoms with Gasteiger partial charge in [0.2, 0.25) is 11.8 Å². The highest BCUT2D eigenvalue weighted by molar-refractivity contribution is 6.00. The zero-order chi connectivity index (χ0) is 19.2. The van der Waals surface area contributed by atoms with E-state index in [1.54, 1.807) is 30.0 Å². The summed E-state index contributed by atoms with van der Waals surface area (Å²) in [5.74, 6) is -0.748. The molecule has 0 bridgehead atoms. The number of benzene rings is 2. The number of carbonyl (C=O) groups is 2. The van der Waals surface area contributed by atoms with E-state index in [4.69, 9.17) is 0 Å². The maximum absolute atomic E-state index is 13.8. The molecule has 1 atom stereocenters. The summed E-state index contributed by atoms with van der Waals surface area (Å²) in [6.45, 7) is 2.62. The molecule has 2 amide bonds. The van der Waals surface area contributed by atoms with Crippen LogP contribution in [0.2, 0.25) is 0 Å². The third kappa shape index (κ3) is 4.61. The van der Waals surface area contributed by atoms with E-state index in [1.165, 1.54) is 12.1 Å². The summed E-state index contributed by atoms with van der Waals surface area (Å²) in [7, 11) is 0. The molecule has 0 unspecified atom stereocenters. The lowest BCUT2D eigenvalue weighted by Gasteiger charge is -2.24. The molecule has 2 aromatic carbocycles. The lowest BCUT2D eigenvalue weighted by molar-refractivity contribution is -0.135. The van der Waals surface area contributed by atoms with Crippen LogP contribution in [-0.2, 0) is 16.1 Å². The monoisotopic (exact) mass is 366 g/mol. The summed E-state index contributed by atoms with van der Waals surface area (Å²) < 4.78 is 13.8. The molecule has 27 heavy (non-hydrogen) atoms. The van der Waals surface area contributed by atoms with Crippen LogP contribution in [0.5, 0.6) is 0 Å². The molecule has 0 aromatic heterocycles. The van der Waals surface area contributed by atoms with E-state index < -0.39 is 6.04 Å². The first kappa shape index (κ1) is 18.8. The molecule has 0 aliphatic carbocycles. The van der Waals surface area contributed by atoms with Crippen molar-refractivity contribution in [1.82, 2.24) is 10.2 Å². The second kappa shape index (κ2) is 8.62. The highest BCUT2D eigenvalue weighted by Gasteiger charge is 2.34. The van der Waals surface area contributed by atoms with E-state index in [-0.39, 0.29) is 17.6 Å². The molecule has 1 fully saturated rings. The molecular weight excluding hydrogens is 343 g/mol. The Labute approximate surface area is 158 Å². The van der Waals surface area contributed by atoms with Gasteiger partial charge in [0.05, 0.1) is 0 Å². The number of nitrogens with one attached hydrogen (secondary N) is 1. The van der Waals surface area contributed by atoms with Gasteiger partial charge in [0.15, 0.2) is 0 Å². The van der Waals surface area contributed by atoms with Crippen LogP contribution in [0.1, 0.15) is 30.9 Å². The molecule has 1 aliphatic rings. The molecule has 1 N–H and O–H groups in total. The van der Waals surface area contributed by atoms with Crippen LogP contribution in [0.25, 0.3) is 6.08 Å². The van der Waals surface area contributed by atoms with Crippen molar-refractivity contribution >= 4 is 17.9 Å². The molecule has 0 spiro atoms. The van der Waals surface area contributed by atoms with Gasteiger partial charge < -0.3 is 10.2 Å². The van der Waals surface area contributed by atoms with Crippen molar-refractivity contribution in [1.29, 1.82) is 0 Å². The maximum atomic E-state index is 13.8. The van der Waals surface area contributed by atoms with Crippen LogP contribution < -0.4 is 5.32 Å². The number of nitrogens with zero attached hydrogens (tertiary/aromatic N) is 1. The zero-order valence-corrected chi connectivity index (χ0v) is 15.3. The number of halogens is 1. The Kier molecular flexibility index (Phi) is 6.01. The van der Waals surface area contributed by atoms with E-state index in [1.807, 2.05) is 30.3 Å². The van der Waals surface area contributed by atoms with Crippen molar-refractivity contribution in [2.45, 2.75) is 32.4 Å². The van der Waals surface area contributed by atoms with Crippen molar-refractivity contribution in [2.24, 2.45) is 0 Å². The van der Waals surface area contributed by atoms with Crippen LogP contribution in [0.4, 0.5) is 4.39 Å². The molecule has 0 saturated carbocycles. The molecular formula is C22H23FN2O2. The van der Waals surface area contributed by atoms with Gasteiger partial charge in [-0.3, -0.25) is 9.59 Å². The Morgan fingerprint density at radius 2 is 1.85 bits per heavy atom. The highest BCUT2D eigenvalue weighted by atomic mass is 19.1. The van der Waals surface area contributed by atoms with E-state index >= 15 is 0 Å². The van der Waals surface area contributed by atoms with E-state index in [0.717, 1.165) is 12.0 Å². The topological polar surface area (TPSA) is 49.4 Å². The van der Waals surface area contributed by atoms with Crippen molar-refractivity contribution in [3.8, 4) is 0 Å². The lowest BCUT2D eigenvalue weighted by Crippen LogP contribution is -2.46. The summed E-state index contributed by atoms with van der Waals surface area (Å²) in [6, 6.07) is 15.5. The quantitative estimate of drug-likeness (QED) is 0.823. The van der Waals surface area contributed by atoms with Gasteiger partial charge in [-0.1, -0.05) is 48.5 Å². The summed E-state index contributed by atoms with van der Waals surface area (Å²) in [4.78, 5) is 27.0. The minimum Gasteiger partial charge on any atom is -0.350 e. The van der Waals surface area contributed by atoms with Gasteiger partial charge in [-0.2, -0.15) is 0 Å². The predicted molar refractivity (Wildman–Crippen MR) is 103 cm³/mol. The normalized spacial score (nSPS) is 17.0. The average Bonchev–Trinajstić information content (AvgIpc) is 3.18. The molecule has 4 nitrogen and oxygen atoms in total. The predicted octanol–water partition coefficient (Wildman–Crippen LogP) is 3.54. The van der Waals surface area contributed by atoms with Gasteiger partial charge in [0, 0.05) is 24.2 Å². The van der Waals surface area contributed by atoms with Crippen molar-refractivity contribution in [2.75, 3.05) is 6.54 Å². The fraction of sp³-hybridized carbons (Fsp3) is 0.273. The molecule has 1 aliphatic heterocycles. The van der Waals surface area contributed by atoms with Crippen molar-refractivity contribution < 1.29 is 14.0 Å². The average molecular weight is 366 g/mol. The first-order valence-electron chi connectivity index (χ1n) is 9.11. The minimum absolute atomic E-state index is 0.150. The third-order valence-electron chi connectivity index (χ3n) is 4.74. The molecule has 0 radical (unpaired) electrons. The summed E-state index contributed by atoms with van der Waals surface area (Å²) in [6.07, 6.45) is 2.95. The van der Waals surface area contributed by atoms with Crippen molar-refractivity contribution in [3.05, 3.63) is 77.1 Å². The Bertz CT molecular complexity index is 848. The van der Waals surface area contributed by atoms with Crippen LogP contribution in [0, 0.1) is 5.82 Å². The molecule has 1 saturated heterocycles. The largest absolute Gasteiger partial charge is 0.350 e. The van der Waals surface area contributed by atoms with Gasteiger partial charge in [0.1, 0.15) is 11.9 Å². The van der Waals surface area contributed by atoms with Crippen LogP contribution in [0.3, 0.4) is 0 Å². The summed E-state index contributed by atoms with van der Waals surface area (Å²) in [5.41, 5.74) is 1.80. The lowest BCUT2D eigenvalue weighted by atomic mass is 10.1. The number of hydrogen-bond acceptors (Lipinski definition) is 2. The fourth-order valence-electron chi connectivity index (χ4n) is 3.30. The van der Waals surface area contributed by atoms with Gasteiger partial charge in [0.25, 0.3) is 0 Å². The summed E-state index contributed by atoms with van der Waals surface area (Å²) in [5, 5.41) is 2.91. The Balaban J connectivity index is 1.67. The van der Waals surface area contributed by atoms with Gasteiger partial charge in [-0.25, -0.2) is 4.39 Å². The SMILES string of the molecule is C/C(=C\c1ccccc1F)C(=O)N1CCC[C@@H]1C(=O)NCc1ccccc1. The zero-order valence-electron chi connectivity index (χ0n) is 15.3. The molecule has 3 rings (SSSR count). The second-order valence-electron chi connectivity index (χ2n) is 6.71. The van der Waals surface area contributed by atoms with Gasteiger partial charge >= 0.3 is 0 Å². The molecule has 2 aromatic rings. The van der Waals surface area contributed by atoms with Crippen LogP contribution in [-0.4, -0.2) is 29.3 Å². The van der Waals surface area contributed by atoms with Crippen LogP contribution in [0.15, 0.2) is 60.2 Å². The first-order chi connectivity index (χ1) is 13.1. The Hall–Kier alpha value is -2.95. The maximum Gasteiger partial charge on any atom is 0.250 e. The number of carbonyl (C=O) groups excluding carboxylic acids is 2. The van der Waals surface area contributed by atoms with Crippen LogP contribution >= 0.6 is 0 Å². The highest BCUT2D eigenvalue weighted by Crippen LogP contribution is 2.21. The first-order valence-corrected chi connectivity index (χ1v) is 9.11. The molecule has 140 valence electrons. The molecule has 5 heteroatoms. The molecule has 1 heterocycles. The third-order valence-corrected chi connectivity index (χ3v) is 4.74. The second-order valence-corrected chi connectivity index (χ2v) is 6.71. The Morgan fingerprint density at radius 3 is 2.59 bits per heavy atom. The van der Waals surface area contributed by atoms with Crippen molar-refractivity contribution in [3.63, 3.8) is 0 Å². The number of rotatable bonds is 5. The van der Waals surface area contributed by atoms with E-state index in [9.17, 15) is 14.0 Å². The van der Waals surface area contributed by atoms with Gasteiger partial charge in [-0.15, -0.1) is 0 Å². The number of hydrogen-bond donors (Lipinski definition) is 1. The van der Waals surface area contributed by atoms with Gasteiger partial charge in [-0.05, 0) is 37.5 Å². The van der Waals surface area contributed by atoms with E-state index in [2.05, 4.69) is 5.32 Å². The van der Waals surface area contributed by atoms with E-state index in [0.29, 0.717) is 30.6 Å².